The van der Waals surface area contributed by atoms with E-state index in [9.17, 15) is 4.79 Å². The van der Waals surface area contributed by atoms with Crippen molar-refractivity contribution < 1.29 is 19.4 Å². The number of hydrogen-bond acceptors (Lipinski definition) is 5. The van der Waals surface area contributed by atoms with Crippen LogP contribution in [0.3, 0.4) is 0 Å². The number of hydrogen-bond donors (Lipinski definition) is 2. The molecule has 0 saturated carbocycles. The van der Waals surface area contributed by atoms with Gasteiger partial charge in [-0.3, -0.25) is 4.90 Å². The average molecular weight is 262 g/mol. The first kappa shape index (κ1) is 17.2. The van der Waals surface area contributed by atoms with Crippen molar-refractivity contribution in [2.45, 2.75) is 52.5 Å². The third-order valence-electron chi connectivity index (χ3n) is 2.00. The number of carbonyl (C=O) groups excluding carboxylic acids is 1. The van der Waals surface area contributed by atoms with E-state index < -0.39 is 17.9 Å². The smallest absolute Gasteiger partial charge is 0.412 e. The Labute approximate surface area is 109 Å². The summed E-state index contributed by atoms with van der Waals surface area (Å²) in [6.07, 6.45) is -0.955. The van der Waals surface area contributed by atoms with Crippen LogP contribution in [0.5, 0.6) is 0 Å². The highest BCUT2D eigenvalue weighted by Gasteiger charge is 2.26. The van der Waals surface area contributed by atoms with Crippen molar-refractivity contribution in [3.8, 4) is 0 Å². The van der Waals surface area contributed by atoms with Crippen molar-refractivity contribution >= 4 is 6.09 Å². The number of ether oxygens (including phenoxy) is 2. The third kappa shape index (κ3) is 7.47. The Bertz CT molecular complexity index is 251. The topological polar surface area (TPSA) is 85.0 Å². The minimum absolute atomic E-state index is 0.0926. The maximum absolute atomic E-state index is 12.0. The van der Waals surface area contributed by atoms with Crippen LogP contribution in [0.1, 0.15) is 34.6 Å². The van der Waals surface area contributed by atoms with Crippen LogP contribution in [0.15, 0.2) is 0 Å². The van der Waals surface area contributed by atoms with E-state index in [2.05, 4.69) is 0 Å². The number of amides is 1. The summed E-state index contributed by atoms with van der Waals surface area (Å²) in [4.78, 5) is 13.4. The highest BCUT2D eigenvalue weighted by atomic mass is 16.6. The lowest BCUT2D eigenvalue weighted by Crippen LogP contribution is -2.48. The van der Waals surface area contributed by atoms with Gasteiger partial charge in [0.25, 0.3) is 0 Å². The van der Waals surface area contributed by atoms with E-state index in [-0.39, 0.29) is 19.3 Å². The molecule has 0 saturated heterocycles. The van der Waals surface area contributed by atoms with Gasteiger partial charge in [0.15, 0.2) is 0 Å². The third-order valence-corrected chi connectivity index (χ3v) is 2.00. The Hall–Kier alpha value is -0.850. The molecule has 0 fully saturated rings. The van der Waals surface area contributed by atoms with Gasteiger partial charge in [0.05, 0.1) is 13.2 Å². The minimum Gasteiger partial charge on any atom is -0.444 e. The molecule has 18 heavy (non-hydrogen) atoms. The molecular formula is C12H26N2O4. The zero-order valence-corrected chi connectivity index (χ0v) is 12.0. The Morgan fingerprint density at radius 1 is 1.39 bits per heavy atom. The maximum Gasteiger partial charge on any atom is 0.412 e. The normalized spacial score (nSPS) is 15.1. The Balaban J connectivity index is 4.60. The van der Waals surface area contributed by atoms with E-state index in [1.54, 1.807) is 34.6 Å². The van der Waals surface area contributed by atoms with E-state index in [0.29, 0.717) is 6.54 Å². The second-order valence-corrected chi connectivity index (χ2v) is 5.30. The van der Waals surface area contributed by atoms with Crippen molar-refractivity contribution in [2.24, 2.45) is 5.73 Å². The van der Waals surface area contributed by atoms with Gasteiger partial charge in [-0.2, -0.15) is 0 Å². The molecule has 1 amide bonds. The SMILES string of the molecule is CC(N)CN(C(=O)OC(C)(C)C)C(C)OCCO. The van der Waals surface area contributed by atoms with Crippen LogP contribution >= 0.6 is 0 Å². The molecule has 0 aliphatic carbocycles. The van der Waals surface area contributed by atoms with Crippen LogP contribution in [-0.4, -0.2) is 53.7 Å². The van der Waals surface area contributed by atoms with Crippen LogP contribution in [0, 0.1) is 0 Å². The van der Waals surface area contributed by atoms with Crippen LogP contribution in [0.2, 0.25) is 0 Å². The van der Waals surface area contributed by atoms with Crippen LogP contribution in [0.25, 0.3) is 0 Å². The zero-order valence-electron chi connectivity index (χ0n) is 12.0. The summed E-state index contributed by atoms with van der Waals surface area (Å²) in [6.45, 7) is 9.33. The summed E-state index contributed by atoms with van der Waals surface area (Å²) < 4.78 is 10.6. The minimum atomic E-state index is -0.566. The van der Waals surface area contributed by atoms with Gasteiger partial charge >= 0.3 is 6.09 Å². The second kappa shape index (κ2) is 7.56. The molecule has 108 valence electrons. The molecule has 6 nitrogen and oxygen atoms in total. The zero-order chi connectivity index (χ0) is 14.3. The molecule has 3 N–H and O–H groups in total. The highest BCUT2D eigenvalue weighted by Crippen LogP contribution is 2.12. The van der Waals surface area contributed by atoms with Crippen molar-refractivity contribution in [1.82, 2.24) is 4.90 Å². The predicted octanol–water partition coefficient (Wildman–Crippen LogP) is 0.926. The fraction of sp³-hybridized carbons (Fsp3) is 0.917. The molecule has 0 aliphatic heterocycles. The first-order chi connectivity index (χ1) is 8.17. The number of aliphatic hydroxyl groups is 1. The number of aliphatic hydroxyl groups excluding tert-OH is 1. The number of nitrogens with zero attached hydrogens (tertiary/aromatic N) is 1. The molecule has 2 unspecified atom stereocenters. The van der Waals surface area contributed by atoms with Crippen LogP contribution in [-0.2, 0) is 9.47 Å². The van der Waals surface area contributed by atoms with Gasteiger partial charge in [-0.15, -0.1) is 0 Å². The van der Waals surface area contributed by atoms with Crippen LogP contribution < -0.4 is 5.73 Å². The summed E-state index contributed by atoms with van der Waals surface area (Å²) in [5, 5.41) is 8.72. The van der Waals surface area contributed by atoms with E-state index in [0.717, 1.165) is 0 Å². The highest BCUT2D eigenvalue weighted by molar-refractivity contribution is 5.68. The van der Waals surface area contributed by atoms with Crippen LogP contribution in [0.4, 0.5) is 4.79 Å². The van der Waals surface area contributed by atoms with Gasteiger partial charge in [0.1, 0.15) is 11.8 Å². The first-order valence-electron chi connectivity index (χ1n) is 6.15. The Kier molecular flexibility index (Phi) is 7.20. The molecule has 0 spiro atoms. The quantitative estimate of drug-likeness (QED) is 0.695. The van der Waals surface area contributed by atoms with Gasteiger partial charge in [-0.05, 0) is 34.6 Å². The van der Waals surface area contributed by atoms with E-state index >= 15 is 0 Å². The lowest BCUT2D eigenvalue weighted by Gasteiger charge is -2.32. The predicted molar refractivity (Wildman–Crippen MR) is 69.1 cm³/mol. The molecule has 6 heteroatoms. The molecule has 0 heterocycles. The summed E-state index contributed by atoms with van der Waals surface area (Å²) in [5.74, 6) is 0. The van der Waals surface area contributed by atoms with E-state index in [4.69, 9.17) is 20.3 Å². The summed E-state index contributed by atoms with van der Waals surface area (Å²) >= 11 is 0. The van der Waals surface area contributed by atoms with Crippen molar-refractivity contribution in [3.05, 3.63) is 0 Å². The average Bonchev–Trinajstić information content (AvgIpc) is 2.19. The lowest BCUT2D eigenvalue weighted by atomic mass is 10.2. The van der Waals surface area contributed by atoms with E-state index in [1.807, 2.05) is 0 Å². The van der Waals surface area contributed by atoms with Gasteiger partial charge in [0.2, 0.25) is 0 Å². The molecule has 0 aliphatic rings. The van der Waals surface area contributed by atoms with Gasteiger partial charge in [0, 0.05) is 12.6 Å². The fourth-order valence-electron chi connectivity index (χ4n) is 1.32. The number of nitrogens with two attached hydrogens (primary N) is 1. The van der Waals surface area contributed by atoms with Gasteiger partial charge < -0.3 is 20.3 Å². The summed E-state index contributed by atoms with van der Waals surface area (Å²) in [6, 6.07) is -0.183. The molecule has 0 rings (SSSR count). The van der Waals surface area contributed by atoms with Crippen molar-refractivity contribution in [1.29, 1.82) is 0 Å². The monoisotopic (exact) mass is 262 g/mol. The molecular weight excluding hydrogens is 236 g/mol. The van der Waals surface area contributed by atoms with E-state index in [1.165, 1.54) is 4.90 Å². The largest absolute Gasteiger partial charge is 0.444 e. The maximum atomic E-state index is 12.0. The Morgan fingerprint density at radius 2 is 1.94 bits per heavy atom. The van der Waals surface area contributed by atoms with Crippen molar-refractivity contribution in [2.75, 3.05) is 19.8 Å². The standard InChI is InChI=1S/C12H26N2O4/c1-9(13)8-14(10(2)17-7-6-15)11(16)18-12(3,4)5/h9-10,15H,6-8,13H2,1-5H3. The molecule has 0 aromatic carbocycles. The molecule has 0 aromatic rings. The summed E-state index contributed by atoms with van der Waals surface area (Å²) in [5.41, 5.74) is 5.14. The molecule has 2 atom stereocenters. The lowest BCUT2D eigenvalue weighted by molar-refractivity contribution is -0.0669. The summed E-state index contributed by atoms with van der Waals surface area (Å²) in [7, 11) is 0. The Morgan fingerprint density at radius 3 is 2.33 bits per heavy atom. The number of rotatable bonds is 6. The van der Waals surface area contributed by atoms with Gasteiger partial charge in [-0.25, -0.2) is 4.79 Å². The molecule has 0 aromatic heterocycles. The van der Waals surface area contributed by atoms with Crippen molar-refractivity contribution in [3.63, 3.8) is 0 Å². The fourth-order valence-corrected chi connectivity index (χ4v) is 1.32. The molecule has 0 bridgehead atoms. The number of carbonyl (C=O) groups is 1. The first-order valence-corrected chi connectivity index (χ1v) is 6.15. The molecule has 0 radical (unpaired) electrons. The van der Waals surface area contributed by atoms with Gasteiger partial charge in [-0.1, -0.05) is 0 Å². The second-order valence-electron chi connectivity index (χ2n) is 5.30.